The molecule has 2 unspecified atom stereocenters. The minimum atomic E-state index is -0.428. The van der Waals surface area contributed by atoms with Crippen molar-refractivity contribution in [1.82, 2.24) is 15.3 Å². The number of aryl methyl sites for hydroxylation is 1. The molecule has 0 saturated heterocycles. The predicted molar refractivity (Wildman–Crippen MR) is 112 cm³/mol. The Labute approximate surface area is 171 Å². The predicted octanol–water partition coefficient (Wildman–Crippen LogP) is 4.53. The molecule has 2 aromatic heterocycles. The van der Waals surface area contributed by atoms with Gasteiger partial charge in [-0.05, 0) is 44.9 Å². The van der Waals surface area contributed by atoms with Crippen LogP contribution in [-0.2, 0) is 4.74 Å². The van der Waals surface area contributed by atoms with Gasteiger partial charge in [0.15, 0.2) is 0 Å². The molecular formula is C20H22ClN3O3S. The SMILES string of the molecule is CCOC(=O)c1sc2nc(C(C)NC(C)c3ccccc3Cl)[nH]c(=O)c2c1C. The zero-order valence-corrected chi connectivity index (χ0v) is 17.7. The summed E-state index contributed by atoms with van der Waals surface area (Å²) >= 11 is 7.45. The Kier molecular flexibility index (Phi) is 6.17. The van der Waals surface area contributed by atoms with Crippen molar-refractivity contribution in [3.63, 3.8) is 0 Å². The summed E-state index contributed by atoms with van der Waals surface area (Å²) in [5.74, 6) is 0.0792. The molecule has 6 nitrogen and oxygen atoms in total. The lowest BCUT2D eigenvalue weighted by atomic mass is 10.1. The average Bonchev–Trinajstić information content (AvgIpc) is 2.99. The molecule has 0 bridgehead atoms. The molecule has 0 fully saturated rings. The second-order valence-electron chi connectivity index (χ2n) is 6.54. The van der Waals surface area contributed by atoms with Crippen LogP contribution in [0.3, 0.4) is 0 Å². The van der Waals surface area contributed by atoms with E-state index >= 15 is 0 Å². The number of aromatic nitrogens is 2. The van der Waals surface area contributed by atoms with E-state index in [0.29, 0.717) is 31.5 Å². The Hall–Kier alpha value is -2.22. The first kappa shape index (κ1) is 20.5. The molecule has 3 aromatic rings. The summed E-state index contributed by atoms with van der Waals surface area (Å²) in [6.07, 6.45) is 0. The lowest BCUT2D eigenvalue weighted by Gasteiger charge is -2.20. The third-order valence-corrected chi connectivity index (χ3v) is 6.07. The molecule has 3 rings (SSSR count). The lowest BCUT2D eigenvalue weighted by Crippen LogP contribution is -2.26. The molecule has 0 saturated carbocycles. The molecule has 0 amide bonds. The third kappa shape index (κ3) is 3.97. The minimum absolute atomic E-state index is 0.0372. The Morgan fingerprint density at radius 3 is 2.71 bits per heavy atom. The highest BCUT2D eigenvalue weighted by Crippen LogP contribution is 2.29. The second-order valence-corrected chi connectivity index (χ2v) is 7.95. The van der Waals surface area contributed by atoms with Crippen LogP contribution in [0.4, 0.5) is 0 Å². The topological polar surface area (TPSA) is 84.1 Å². The number of halogens is 1. The number of nitrogens with zero attached hydrogens (tertiary/aromatic N) is 1. The van der Waals surface area contributed by atoms with E-state index in [9.17, 15) is 9.59 Å². The molecule has 0 aliphatic carbocycles. The minimum Gasteiger partial charge on any atom is -0.462 e. The third-order valence-electron chi connectivity index (χ3n) is 4.56. The largest absolute Gasteiger partial charge is 0.462 e. The smallest absolute Gasteiger partial charge is 0.348 e. The van der Waals surface area contributed by atoms with Crippen LogP contribution in [0.25, 0.3) is 10.2 Å². The number of hydrogen-bond acceptors (Lipinski definition) is 6. The van der Waals surface area contributed by atoms with Crippen LogP contribution in [0.15, 0.2) is 29.1 Å². The molecule has 0 aliphatic rings. The Bertz CT molecular complexity index is 1080. The molecule has 8 heteroatoms. The number of rotatable bonds is 6. The van der Waals surface area contributed by atoms with E-state index in [1.165, 1.54) is 11.3 Å². The number of esters is 1. The van der Waals surface area contributed by atoms with Crippen molar-refractivity contribution in [3.05, 3.63) is 61.5 Å². The fraction of sp³-hybridized carbons (Fsp3) is 0.350. The van der Waals surface area contributed by atoms with Crippen LogP contribution in [0.2, 0.25) is 5.02 Å². The van der Waals surface area contributed by atoms with Crippen molar-refractivity contribution >= 4 is 39.1 Å². The van der Waals surface area contributed by atoms with E-state index in [-0.39, 0.29) is 24.2 Å². The summed E-state index contributed by atoms with van der Waals surface area (Å²) in [6, 6.07) is 7.36. The number of carbonyl (C=O) groups excluding carboxylic acids is 1. The van der Waals surface area contributed by atoms with Crippen LogP contribution < -0.4 is 10.9 Å². The highest BCUT2D eigenvalue weighted by Gasteiger charge is 2.22. The van der Waals surface area contributed by atoms with Crippen molar-refractivity contribution in [3.8, 4) is 0 Å². The van der Waals surface area contributed by atoms with Crippen LogP contribution in [0.5, 0.6) is 0 Å². The molecule has 28 heavy (non-hydrogen) atoms. The number of thiophene rings is 1. The molecule has 0 spiro atoms. The van der Waals surface area contributed by atoms with Gasteiger partial charge in [0.25, 0.3) is 5.56 Å². The average molecular weight is 420 g/mol. The van der Waals surface area contributed by atoms with Gasteiger partial charge in [-0.25, -0.2) is 9.78 Å². The maximum Gasteiger partial charge on any atom is 0.348 e. The number of nitrogens with one attached hydrogen (secondary N) is 2. The van der Waals surface area contributed by atoms with Gasteiger partial charge in [-0.2, -0.15) is 0 Å². The molecule has 2 atom stereocenters. The van der Waals surface area contributed by atoms with E-state index in [2.05, 4.69) is 15.3 Å². The van der Waals surface area contributed by atoms with Crippen molar-refractivity contribution in [2.75, 3.05) is 6.61 Å². The van der Waals surface area contributed by atoms with Gasteiger partial charge in [0, 0.05) is 11.1 Å². The summed E-state index contributed by atoms with van der Waals surface area (Å²) in [6.45, 7) is 7.69. The summed E-state index contributed by atoms with van der Waals surface area (Å²) in [4.78, 5) is 33.1. The van der Waals surface area contributed by atoms with Gasteiger partial charge < -0.3 is 15.0 Å². The van der Waals surface area contributed by atoms with E-state index in [1.807, 2.05) is 38.1 Å². The van der Waals surface area contributed by atoms with Crippen LogP contribution >= 0.6 is 22.9 Å². The van der Waals surface area contributed by atoms with E-state index in [0.717, 1.165) is 5.56 Å². The zero-order chi connectivity index (χ0) is 20.4. The van der Waals surface area contributed by atoms with Gasteiger partial charge in [-0.15, -0.1) is 11.3 Å². The Balaban J connectivity index is 1.92. The second kappa shape index (κ2) is 8.43. The first-order valence-electron chi connectivity index (χ1n) is 9.04. The van der Waals surface area contributed by atoms with E-state index in [1.54, 1.807) is 13.8 Å². The summed E-state index contributed by atoms with van der Waals surface area (Å²) in [5, 5.41) is 4.52. The number of fused-ring (bicyclic) bond motifs is 1. The van der Waals surface area contributed by atoms with Gasteiger partial charge in [0.05, 0.1) is 18.0 Å². The summed E-state index contributed by atoms with van der Waals surface area (Å²) < 4.78 is 5.08. The van der Waals surface area contributed by atoms with Crippen molar-refractivity contribution in [1.29, 1.82) is 0 Å². The highest BCUT2D eigenvalue weighted by atomic mass is 35.5. The van der Waals surface area contributed by atoms with E-state index < -0.39 is 5.97 Å². The fourth-order valence-corrected chi connectivity index (χ4v) is 4.51. The maximum atomic E-state index is 12.6. The number of ether oxygens (including phenoxy) is 1. The Morgan fingerprint density at radius 2 is 2.04 bits per heavy atom. The lowest BCUT2D eigenvalue weighted by molar-refractivity contribution is 0.0531. The molecule has 2 heterocycles. The molecule has 0 radical (unpaired) electrons. The molecule has 2 N–H and O–H groups in total. The van der Waals surface area contributed by atoms with Gasteiger partial charge in [0.1, 0.15) is 15.5 Å². The first-order valence-corrected chi connectivity index (χ1v) is 10.2. The molecular weight excluding hydrogens is 398 g/mol. The normalized spacial score (nSPS) is 13.5. The van der Waals surface area contributed by atoms with Gasteiger partial charge in [-0.3, -0.25) is 4.79 Å². The standard InChI is InChI=1S/C20H22ClN3O3S/c1-5-27-20(26)16-10(2)15-18(25)23-17(24-19(15)28-16)12(4)22-11(3)13-8-6-7-9-14(13)21/h6-9,11-12,22H,5H2,1-4H3,(H,23,24,25). The number of aromatic amines is 1. The highest BCUT2D eigenvalue weighted by molar-refractivity contribution is 7.20. The van der Waals surface area contributed by atoms with Crippen molar-refractivity contribution < 1.29 is 9.53 Å². The number of H-pyrrole nitrogens is 1. The molecule has 148 valence electrons. The summed E-state index contributed by atoms with van der Waals surface area (Å²) in [5.41, 5.74) is 1.31. The van der Waals surface area contributed by atoms with Crippen LogP contribution in [0.1, 0.15) is 59.5 Å². The van der Waals surface area contributed by atoms with E-state index in [4.69, 9.17) is 16.3 Å². The number of carbonyl (C=O) groups is 1. The zero-order valence-electron chi connectivity index (χ0n) is 16.1. The summed E-state index contributed by atoms with van der Waals surface area (Å²) in [7, 11) is 0. The monoisotopic (exact) mass is 419 g/mol. The van der Waals surface area contributed by atoms with Gasteiger partial charge >= 0.3 is 5.97 Å². The number of benzene rings is 1. The van der Waals surface area contributed by atoms with Gasteiger partial charge in [-0.1, -0.05) is 29.8 Å². The first-order chi connectivity index (χ1) is 13.3. The Morgan fingerprint density at radius 1 is 1.32 bits per heavy atom. The van der Waals surface area contributed by atoms with Gasteiger partial charge in [0.2, 0.25) is 0 Å². The maximum absolute atomic E-state index is 12.6. The molecule has 1 aromatic carbocycles. The number of hydrogen-bond donors (Lipinski definition) is 2. The fourth-order valence-electron chi connectivity index (χ4n) is 3.13. The quantitative estimate of drug-likeness (QED) is 0.573. The van der Waals surface area contributed by atoms with Crippen molar-refractivity contribution in [2.45, 2.75) is 39.8 Å². The van der Waals surface area contributed by atoms with Crippen LogP contribution in [-0.4, -0.2) is 22.5 Å². The van der Waals surface area contributed by atoms with Crippen molar-refractivity contribution in [2.24, 2.45) is 0 Å². The molecule has 0 aliphatic heterocycles. The van der Waals surface area contributed by atoms with Crippen LogP contribution in [0, 0.1) is 6.92 Å².